The number of hydrogen-bond acceptors (Lipinski definition) is 7. The average Bonchev–Trinajstić information content (AvgIpc) is 3.30. The lowest BCUT2D eigenvalue weighted by Crippen LogP contribution is -2.22. The van der Waals surface area contributed by atoms with Crippen LogP contribution in [0.1, 0.15) is 21.8 Å². The van der Waals surface area contributed by atoms with Crippen LogP contribution in [-0.4, -0.2) is 55.2 Å². The highest BCUT2D eigenvalue weighted by molar-refractivity contribution is 6.08. The number of rotatable bonds is 9. The number of ether oxygens (including phenoxy) is 1. The van der Waals surface area contributed by atoms with Crippen molar-refractivity contribution in [2.75, 3.05) is 44.9 Å². The van der Waals surface area contributed by atoms with E-state index in [2.05, 4.69) is 32.6 Å². The predicted molar refractivity (Wildman–Crippen MR) is 143 cm³/mol. The van der Waals surface area contributed by atoms with Crippen molar-refractivity contribution in [3.63, 3.8) is 0 Å². The van der Waals surface area contributed by atoms with Crippen LogP contribution in [0.2, 0.25) is 0 Å². The first-order valence-electron chi connectivity index (χ1n) is 11.7. The summed E-state index contributed by atoms with van der Waals surface area (Å²) in [6.45, 7) is 5.36. The minimum absolute atomic E-state index is 0.182. The van der Waals surface area contributed by atoms with Crippen LogP contribution in [0.25, 0.3) is 22.5 Å². The fraction of sp³-hybridized carbons (Fsp3) is 0.250. The molecule has 8 nitrogen and oxygen atoms in total. The Morgan fingerprint density at radius 2 is 1.75 bits per heavy atom. The summed E-state index contributed by atoms with van der Waals surface area (Å²) in [7, 11) is 5.65. The van der Waals surface area contributed by atoms with Gasteiger partial charge in [-0.1, -0.05) is 23.4 Å². The number of benzene rings is 3. The van der Waals surface area contributed by atoms with Gasteiger partial charge in [-0.2, -0.15) is 4.98 Å². The zero-order chi connectivity index (χ0) is 25.7. The summed E-state index contributed by atoms with van der Waals surface area (Å²) < 4.78 is 10.3. The lowest BCUT2D eigenvalue weighted by molar-refractivity contribution is 0.102. The Kier molecular flexibility index (Phi) is 7.65. The van der Waals surface area contributed by atoms with E-state index in [4.69, 9.17) is 9.26 Å². The number of aryl methyl sites for hydroxylation is 2. The standard InChI is InChI=1S/C28H31N5O3/c1-18-16-21(27-30-19(2)36-32-27)7-12-24(18)20-6-13-25(26(17-20)29-14-15-33(3)4)28(34)31-22-8-10-23(35-5)11-9-22/h6-13,16-17,29H,14-15H2,1-5H3,(H,31,34). The fourth-order valence-corrected chi connectivity index (χ4v) is 3.89. The molecule has 0 aliphatic carbocycles. The van der Waals surface area contributed by atoms with Gasteiger partial charge in [0.1, 0.15) is 5.75 Å². The van der Waals surface area contributed by atoms with E-state index in [1.165, 1.54) is 0 Å². The van der Waals surface area contributed by atoms with Crippen LogP contribution in [0.15, 0.2) is 65.2 Å². The molecule has 0 atom stereocenters. The third-order valence-electron chi connectivity index (χ3n) is 5.81. The maximum Gasteiger partial charge on any atom is 0.257 e. The number of methoxy groups -OCH3 is 1. The number of amides is 1. The molecule has 0 unspecified atom stereocenters. The monoisotopic (exact) mass is 485 g/mol. The van der Waals surface area contributed by atoms with Gasteiger partial charge in [0.2, 0.25) is 11.7 Å². The number of carbonyl (C=O) groups is 1. The largest absolute Gasteiger partial charge is 0.497 e. The zero-order valence-electron chi connectivity index (χ0n) is 21.3. The first kappa shape index (κ1) is 24.9. The average molecular weight is 486 g/mol. The molecule has 0 aliphatic rings. The molecule has 186 valence electrons. The van der Waals surface area contributed by atoms with Gasteiger partial charge in [-0.25, -0.2) is 0 Å². The van der Waals surface area contributed by atoms with Crippen molar-refractivity contribution in [1.82, 2.24) is 15.0 Å². The second-order valence-corrected chi connectivity index (χ2v) is 8.84. The molecule has 1 amide bonds. The predicted octanol–water partition coefficient (Wildman–Crippen LogP) is 5.25. The fourth-order valence-electron chi connectivity index (χ4n) is 3.89. The molecular weight excluding hydrogens is 454 g/mol. The first-order valence-corrected chi connectivity index (χ1v) is 11.7. The maximum atomic E-state index is 13.2. The second-order valence-electron chi connectivity index (χ2n) is 8.84. The van der Waals surface area contributed by atoms with Gasteiger partial charge in [-0.3, -0.25) is 4.79 Å². The number of carbonyl (C=O) groups excluding carboxylic acids is 1. The van der Waals surface area contributed by atoms with Gasteiger partial charge in [0.05, 0.1) is 12.7 Å². The van der Waals surface area contributed by atoms with Crippen LogP contribution >= 0.6 is 0 Å². The van der Waals surface area contributed by atoms with Gasteiger partial charge in [0.15, 0.2) is 0 Å². The van der Waals surface area contributed by atoms with Gasteiger partial charge >= 0.3 is 0 Å². The summed E-state index contributed by atoms with van der Waals surface area (Å²) in [5, 5.41) is 10.4. The smallest absolute Gasteiger partial charge is 0.257 e. The van der Waals surface area contributed by atoms with Crippen molar-refractivity contribution in [2.24, 2.45) is 0 Å². The van der Waals surface area contributed by atoms with Gasteiger partial charge in [-0.05, 0) is 80.2 Å². The van der Waals surface area contributed by atoms with Crippen molar-refractivity contribution in [3.8, 4) is 28.3 Å². The van der Waals surface area contributed by atoms with Gasteiger partial charge in [0, 0.05) is 37.0 Å². The molecule has 36 heavy (non-hydrogen) atoms. The molecule has 1 heterocycles. The zero-order valence-corrected chi connectivity index (χ0v) is 21.3. The molecule has 3 aromatic carbocycles. The molecule has 8 heteroatoms. The van der Waals surface area contributed by atoms with Crippen LogP contribution in [0.3, 0.4) is 0 Å². The molecule has 2 N–H and O–H groups in total. The van der Waals surface area contributed by atoms with Crippen molar-refractivity contribution in [3.05, 3.63) is 77.7 Å². The van der Waals surface area contributed by atoms with Crippen LogP contribution in [0, 0.1) is 13.8 Å². The quantitative estimate of drug-likeness (QED) is 0.334. The highest BCUT2D eigenvalue weighted by Crippen LogP contribution is 2.31. The van der Waals surface area contributed by atoms with E-state index in [-0.39, 0.29) is 5.91 Å². The lowest BCUT2D eigenvalue weighted by Gasteiger charge is -2.17. The van der Waals surface area contributed by atoms with Crippen LogP contribution in [0.5, 0.6) is 5.75 Å². The number of hydrogen-bond donors (Lipinski definition) is 2. The Morgan fingerprint density at radius 1 is 1.00 bits per heavy atom. The Morgan fingerprint density at radius 3 is 2.39 bits per heavy atom. The van der Waals surface area contributed by atoms with Crippen molar-refractivity contribution in [1.29, 1.82) is 0 Å². The highest BCUT2D eigenvalue weighted by Gasteiger charge is 2.15. The van der Waals surface area contributed by atoms with Gasteiger partial charge in [0.25, 0.3) is 5.91 Å². The molecule has 1 aromatic heterocycles. The van der Waals surface area contributed by atoms with E-state index >= 15 is 0 Å². The molecule has 4 aromatic rings. The molecule has 0 saturated heterocycles. The molecule has 0 bridgehead atoms. The molecule has 0 saturated carbocycles. The molecule has 0 aliphatic heterocycles. The molecular formula is C28H31N5O3. The van der Waals surface area contributed by atoms with Crippen molar-refractivity contribution >= 4 is 17.3 Å². The van der Waals surface area contributed by atoms with Crippen LogP contribution in [-0.2, 0) is 0 Å². The minimum atomic E-state index is -0.182. The summed E-state index contributed by atoms with van der Waals surface area (Å²) in [5.41, 5.74) is 6.10. The normalized spacial score (nSPS) is 10.9. The van der Waals surface area contributed by atoms with E-state index in [0.29, 0.717) is 29.5 Å². The summed E-state index contributed by atoms with van der Waals surface area (Å²) in [4.78, 5) is 19.6. The van der Waals surface area contributed by atoms with E-state index in [1.54, 1.807) is 14.0 Å². The Hall–Kier alpha value is -4.17. The van der Waals surface area contributed by atoms with Gasteiger partial charge in [-0.15, -0.1) is 0 Å². The maximum absolute atomic E-state index is 13.2. The molecule has 0 spiro atoms. The first-order chi connectivity index (χ1) is 17.3. The molecule has 4 rings (SSSR count). The number of anilines is 2. The van der Waals surface area contributed by atoms with Crippen LogP contribution < -0.4 is 15.4 Å². The lowest BCUT2D eigenvalue weighted by atomic mass is 9.96. The Bertz CT molecular complexity index is 1350. The number of aromatic nitrogens is 2. The van der Waals surface area contributed by atoms with E-state index < -0.39 is 0 Å². The molecule has 0 fully saturated rings. The summed E-state index contributed by atoms with van der Waals surface area (Å²) in [6, 6.07) is 19.2. The van der Waals surface area contributed by atoms with E-state index in [1.807, 2.05) is 74.8 Å². The minimum Gasteiger partial charge on any atom is -0.497 e. The number of nitrogens with one attached hydrogen (secondary N) is 2. The summed E-state index contributed by atoms with van der Waals surface area (Å²) in [6.07, 6.45) is 0. The van der Waals surface area contributed by atoms with Gasteiger partial charge < -0.3 is 24.8 Å². The van der Waals surface area contributed by atoms with Crippen molar-refractivity contribution in [2.45, 2.75) is 13.8 Å². The summed E-state index contributed by atoms with van der Waals surface area (Å²) in [5.74, 6) is 1.65. The SMILES string of the molecule is COc1ccc(NC(=O)c2ccc(-c3ccc(-c4noc(C)n4)cc3C)cc2NCCN(C)C)cc1. The molecule has 0 radical (unpaired) electrons. The second kappa shape index (κ2) is 11.0. The van der Waals surface area contributed by atoms with Crippen molar-refractivity contribution < 1.29 is 14.1 Å². The van der Waals surface area contributed by atoms with E-state index in [9.17, 15) is 4.79 Å². The highest BCUT2D eigenvalue weighted by atomic mass is 16.5. The van der Waals surface area contributed by atoms with E-state index in [0.717, 1.165) is 40.2 Å². The Balaban J connectivity index is 1.63. The van der Waals surface area contributed by atoms with Crippen LogP contribution in [0.4, 0.5) is 11.4 Å². The summed E-state index contributed by atoms with van der Waals surface area (Å²) >= 11 is 0. The number of likely N-dealkylation sites (N-methyl/N-ethyl adjacent to an activating group) is 1. The Labute approximate surface area is 211 Å². The third-order valence-corrected chi connectivity index (χ3v) is 5.81. The topological polar surface area (TPSA) is 92.5 Å². The number of nitrogens with zero attached hydrogens (tertiary/aromatic N) is 3. The third kappa shape index (κ3) is 5.90.